The van der Waals surface area contributed by atoms with Crippen molar-refractivity contribution in [2.75, 3.05) is 5.32 Å². The van der Waals surface area contributed by atoms with Crippen molar-refractivity contribution < 1.29 is 9.59 Å². The van der Waals surface area contributed by atoms with Crippen molar-refractivity contribution in [1.29, 1.82) is 0 Å². The fraction of sp³-hybridized carbons (Fsp3) is 0.0870. The summed E-state index contributed by atoms with van der Waals surface area (Å²) in [5.41, 5.74) is 7.24. The molecule has 0 spiro atoms. The van der Waals surface area contributed by atoms with E-state index in [2.05, 4.69) is 15.8 Å². The second-order valence-corrected chi connectivity index (χ2v) is 6.51. The SMILES string of the molecule is Cc1ccc(C=NNC(=O)c2ccc(NC(=O)c3cccc(C)c3)cc2)cc1. The van der Waals surface area contributed by atoms with Gasteiger partial charge in [-0.1, -0.05) is 47.5 Å². The van der Waals surface area contributed by atoms with Gasteiger partial charge in [-0.3, -0.25) is 9.59 Å². The van der Waals surface area contributed by atoms with Gasteiger partial charge in [0.05, 0.1) is 6.21 Å². The third kappa shape index (κ3) is 5.14. The van der Waals surface area contributed by atoms with E-state index >= 15 is 0 Å². The number of carbonyl (C=O) groups is 2. The molecule has 0 unspecified atom stereocenters. The van der Waals surface area contributed by atoms with E-state index in [9.17, 15) is 9.59 Å². The molecule has 28 heavy (non-hydrogen) atoms. The molecule has 3 aromatic rings. The number of hydrogen-bond acceptors (Lipinski definition) is 3. The van der Waals surface area contributed by atoms with Crippen molar-refractivity contribution in [1.82, 2.24) is 5.43 Å². The molecular formula is C23H21N3O2. The van der Waals surface area contributed by atoms with Crippen LogP contribution in [-0.4, -0.2) is 18.0 Å². The molecule has 0 saturated carbocycles. The van der Waals surface area contributed by atoms with E-state index < -0.39 is 0 Å². The van der Waals surface area contributed by atoms with Gasteiger partial charge in [-0.05, 0) is 55.8 Å². The summed E-state index contributed by atoms with van der Waals surface area (Å²) in [6.07, 6.45) is 1.59. The quantitative estimate of drug-likeness (QED) is 0.518. The second-order valence-electron chi connectivity index (χ2n) is 6.51. The number of anilines is 1. The number of aryl methyl sites for hydroxylation is 2. The van der Waals surface area contributed by atoms with Gasteiger partial charge in [0, 0.05) is 16.8 Å². The Balaban J connectivity index is 1.58. The molecule has 0 aliphatic heterocycles. The number of rotatable bonds is 5. The normalized spacial score (nSPS) is 10.6. The third-order valence-corrected chi connectivity index (χ3v) is 4.14. The number of hydrogen-bond donors (Lipinski definition) is 2. The van der Waals surface area contributed by atoms with Crippen LogP contribution in [-0.2, 0) is 0 Å². The van der Waals surface area contributed by atoms with E-state index in [-0.39, 0.29) is 11.8 Å². The molecule has 0 radical (unpaired) electrons. The number of nitrogens with one attached hydrogen (secondary N) is 2. The van der Waals surface area contributed by atoms with Crippen molar-refractivity contribution in [2.45, 2.75) is 13.8 Å². The molecule has 5 heteroatoms. The van der Waals surface area contributed by atoms with Gasteiger partial charge in [-0.2, -0.15) is 5.10 Å². The molecule has 0 fully saturated rings. The predicted molar refractivity (Wildman–Crippen MR) is 112 cm³/mol. The minimum atomic E-state index is -0.320. The van der Waals surface area contributed by atoms with Crippen molar-refractivity contribution in [3.05, 3.63) is 101 Å². The molecule has 0 heterocycles. The van der Waals surface area contributed by atoms with Crippen molar-refractivity contribution in [3.8, 4) is 0 Å². The van der Waals surface area contributed by atoms with Gasteiger partial charge >= 0.3 is 0 Å². The third-order valence-electron chi connectivity index (χ3n) is 4.14. The largest absolute Gasteiger partial charge is 0.322 e. The van der Waals surface area contributed by atoms with Gasteiger partial charge < -0.3 is 5.32 Å². The minimum Gasteiger partial charge on any atom is -0.322 e. The van der Waals surface area contributed by atoms with Gasteiger partial charge in [0.25, 0.3) is 11.8 Å². The molecule has 0 saturated heterocycles. The molecule has 0 aliphatic carbocycles. The zero-order valence-corrected chi connectivity index (χ0v) is 15.8. The lowest BCUT2D eigenvalue weighted by molar-refractivity contribution is 0.0954. The summed E-state index contributed by atoms with van der Waals surface area (Å²) in [6, 6.07) is 21.8. The van der Waals surface area contributed by atoms with Crippen molar-refractivity contribution >= 4 is 23.7 Å². The molecule has 0 bridgehead atoms. The fourth-order valence-corrected chi connectivity index (χ4v) is 2.58. The Kier molecular flexibility index (Phi) is 5.97. The highest BCUT2D eigenvalue weighted by Crippen LogP contribution is 2.12. The number of hydrazone groups is 1. The zero-order valence-electron chi connectivity index (χ0n) is 15.8. The van der Waals surface area contributed by atoms with Gasteiger partial charge in [0.15, 0.2) is 0 Å². The summed E-state index contributed by atoms with van der Waals surface area (Å²) in [5.74, 6) is -0.511. The van der Waals surface area contributed by atoms with E-state index in [1.807, 2.05) is 56.3 Å². The molecule has 5 nitrogen and oxygen atoms in total. The Morgan fingerprint density at radius 3 is 2.18 bits per heavy atom. The first-order chi connectivity index (χ1) is 13.5. The molecule has 3 aromatic carbocycles. The first-order valence-electron chi connectivity index (χ1n) is 8.89. The maximum atomic E-state index is 12.3. The highest BCUT2D eigenvalue weighted by molar-refractivity contribution is 6.04. The standard InChI is InChI=1S/C23H21N3O2/c1-16-6-8-18(9-7-16)15-24-26-23(28)19-10-12-21(13-11-19)25-22(27)20-5-3-4-17(2)14-20/h3-15H,1-2H3,(H,25,27)(H,26,28). The van der Waals surface area contributed by atoms with Crippen LogP contribution in [0.4, 0.5) is 5.69 Å². The second kappa shape index (κ2) is 8.77. The van der Waals surface area contributed by atoms with Crippen LogP contribution < -0.4 is 10.7 Å². The molecule has 0 aliphatic rings. The van der Waals surface area contributed by atoms with E-state index in [1.165, 1.54) is 0 Å². The Hall–Kier alpha value is -3.73. The van der Waals surface area contributed by atoms with Crippen LogP contribution >= 0.6 is 0 Å². The summed E-state index contributed by atoms with van der Waals surface area (Å²) in [6.45, 7) is 3.95. The molecular weight excluding hydrogens is 350 g/mol. The van der Waals surface area contributed by atoms with Crippen molar-refractivity contribution in [3.63, 3.8) is 0 Å². The van der Waals surface area contributed by atoms with Crippen LogP contribution in [0.15, 0.2) is 77.9 Å². The van der Waals surface area contributed by atoms with E-state index in [0.29, 0.717) is 16.8 Å². The average Bonchev–Trinajstić information content (AvgIpc) is 2.70. The van der Waals surface area contributed by atoms with E-state index in [4.69, 9.17) is 0 Å². The van der Waals surface area contributed by atoms with E-state index in [1.54, 1.807) is 36.5 Å². The summed E-state index contributed by atoms with van der Waals surface area (Å²) in [7, 11) is 0. The number of carbonyl (C=O) groups excluding carboxylic acids is 2. The highest BCUT2D eigenvalue weighted by Gasteiger charge is 2.08. The smallest absolute Gasteiger partial charge is 0.271 e. The van der Waals surface area contributed by atoms with Crippen LogP contribution in [0.2, 0.25) is 0 Å². The molecule has 3 rings (SSSR count). The summed E-state index contributed by atoms with van der Waals surface area (Å²) in [5, 5.41) is 6.79. The Labute approximate surface area is 164 Å². The maximum absolute atomic E-state index is 12.3. The first kappa shape index (κ1) is 19.0. The molecule has 0 aromatic heterocycles. The lowest BCUT2D eigenvalue weighted by Crippen LogP contribution is -2.17. The Morgan fingerprint density at radius 1 is 0.786 bits per heavy atom. The molecule has 0 atom stereocenters. The van der Waals surface area contributed by atoms with Crippen LogP contribution in [0.25, 0.3) is 0 Å². The van der Waals surface area contributed by atoms with Gasteiger partial charge in [-0.25, -0.2) is 5.43 Å². The highest BCUT2D eigenvalue weighted by atomic mass is 16.2. The van der Waals surface area contributed by atoms with Gasteiger partial charge in [-0.15, -0.1) is 0 Å². The lowest BCUT2D eigenvalue weighted by Gasteiger charge is -2.07. The number of nitrogens with zero attached hydrogens (tertiary/aromatic N) is 1. The van der Waals surface area contributed by atoms with Gasteiger partial charge in [0.1, 0.15) is 0 Å². The van der Waals surface area contributed by atoms with Crippen LogP contribution in [0.1, 0.15) is 37.4 Å². The van der Waals surface area contributed by atoms with Crippen LogP contribution in [0.3, 0.4) is 0 Å². The van der Waals surface area contributed by atoms with Crippen LogP contribution in [0, 0.1) is 13.8 Å². The fourth-order valence-electron chi connectivity index (χ4n) is 2.58. The molecule has 2 amide bonds. The topological polar surface area (TPSA) is 70.6 Å². The average molecular weight is 371 g/mol. The first-order valence-corrected chi connectivity index (χ1v) is 8.89. The minimum absolute atomic E-state index is 0.191. The van der Waals surface area contributed by atoms with Gasteiger partial charge in [0.2, 0.25) is 0 Å². The Morgan fingerprint density at radius 2 is 1.50 bits per heavy atom. The summed E-state index contributed by atoms with van der Waals surface area (Å²) < 4.78 is 0. The number of amides is 2. The maximum Gasteiger partial charge on any atom is 0.271 e. The van der Waals surface area contributed by atoms with Crippen molar-refractivity contribution in [2.24, 2.45) is 5.10 Å². The Bertz CT molecular complexity index is 1010. The summed E-state index contributed by atoms with van der Waals surface area (Å²) >= 11 is 0. The van der Waals surface area contributed by atoms with Crippen LogP contribution in [0.5, 0.6) is 0 Å². The molecule has 2 N–H and O–H groups in total. The van der Waals surface area contributed by atoms with E-state index in [0.717, 1.165) is 16.7 Å². The monoisotopic (exact) mass is 371 g/mol. The zero-order chi connectivity index (χ0) is 19.9. The lowest BCUT2D eigenvalue weighted by atomic mass is 10.1. The number of benzene rings is 3. The summed E-state index contributed by atoms with van der Waals surface area (Å²) in [4.78, 5) is 24.4. The molecule has 140 valence electrons. The predicted octanol–water partition coefficient (Wildman–Crippen LogP) is 4.32.